The first kappa shape index (κ1) is 18.1. The molecule has 0 fully saturated rings. The highest BCUT2D eigenvalue weighted by Crippen LogP contribution is 2.28. The van der Waals surface area contributed by atoms with E-state index in [1.165, 1.54) is 0 Å². The molecule has 2 aromatic rings. The van der Waals surface area contributed by atoms with Gasteiger partial charge in [0.2, 0.25) is 0 Å². The van der Waals surface area contributed by atoms with E-state index in [0.717, 1.165) is 5.56 Å². The predicted octanol–water partition coefficient (Wildman–Crippen LogP) is 3.13. The smallest absolute Gasteiger partial charge is 0.138 e. The SMILES string of the molecule is CC(C)(C)NCC(O)c1ccc(O)c(NCc2ccccc2O)c1. The second kappa shape index (κ2) is 7.55. The number of phenols is 2. The Labute approximate surface area is 143 Å². The highest BCUT2D eigenvalue weighted by atomic mass is 16.3. The number of β-amino-alcohol motifs (C(OH)–C–C–N with tert-alkyl or cyclic N) is 1. The molecule has 0 aromatic heterocycles. The van der Waals surface area contributed by atoms with Crippen molar-refractivity contribution in [3.63, 3.8) is 0 Å². The fourth-order valence-corrected chi connectivity index (χ4v) is 2.27. The minimum atomic E-state index is -0.671. The van der Waals surface area contributed by atoms with E-state index in [0.29, 0.717) is 24.3 Å². The summed E-state index contributed by atoms with van der Waals surface area (Å²) in [6, 6.07) is 12.0. The van der Waals surface area contributed by atoms with Crippen LogP contribution in [0.5, 0.6) is 11.5 Å². The Hall–Kier alpha value is -2.24. The summed E-state index contributed by atoms with van der Waals surface area (Å²) in [6.45, 7) is 6.91. The third-order valence-corrected chi connectivity index (χ3v) is 3.69. The van der Waals surface area contributed by atoms with Crippen LogP contribution in [0.25, 0.3) is 0 Å². The number of rotatable bonds is 6. The van der Waals surface area contributed by atoms with Crippen LogP contribution in [0.3, 0.4) is 0 Å². The summed E-state index contributed by atoms with van der Waals surface area (Å²) in [7, 11) is 0. The molecule has 5 heteroatoms. The summed E-state index contributed by atoms with van der Waals surface area (Å²) < 4.78 is 0. The largest absolute Gasteiger partial charge is 0.508 e. The monoisotopic (exact) mass is 330 g/mol. The highest BCUT2D eigenvalue weighted by molar-refractivity contribution is 5.58. The molecular formula is C19H26N2O3. The second-order valence-corrected chi connectivity index (χ2v) is 6.91. The lowest BCUT2D eigenvalue weighted by Gasteiger charge is -2.23. The predicted molar refractivity (Wildman–Crippen MR) is 96.3 cm³/mol. The molecule has 2 rings (SSSR count). The molecule has 0 saturated carbocycles. The number of benzene rings is 2. The van der Waals surface area contributed by atoms with E-state index in [1.807, 2.05) is 32.9 Å². The first-order chi connectivity index (χ1) is 11.3. The Kier molecular flexibility index (Phi) is 5.70. The van der Waals surface area contributed by atoms with Crippen molar-refractivity contribution >= 4 is 5.69 Å². The van der Waals surface area contributed by atoms with Gasteiger partial charge in [-0.05, 0) is 44.5 Å². The molecule has 0 saturated heterocycles. The van der Waals surface area contributed by atoms with Gasteiger partial charge < -0.3 is 26.0 Å². The number of anilines is 1. The topological polar surface area (TPSA) is 84.8 Å². The van der Waals surface area contributed by atoms with Gasteiger partial charge in [0, 0.05) is 24.2 Å². The third-order valence-electron chi connectivity index (χ3n) is 3.69. The van der Waals surface area contributed by atoms with Crippen LogP contribution in [0.1, 0.15) is 38.0 Å². The van der Waals surface area contributed by atoms with E-state index in [9.17, 15) is 15.3 Å². The number of nitrogens with one attached hydrogen (secondary N) is 2. The minimum absolute atomic E-state index is 0.0795. The van der Waals surface area contributed by atoms with Gasteiger partial charge in [-0.3, -0.25) is 0 Å². The number of aliphatic hydroxyl groups is 1. The van der Waals surface area contributed by atoms with Crippen molar-refractivity contribution in [2.45, 2.75) is 39.0 Å². The summed E-state index contributed by atoms with van der Waals surface area (Å²) in [6.07, 6.45) is -0.671. The molecule has 0 aliphatic heterocycles. The first-order valence-corrected chi connectivity index (χ1v) is 8.03. The van der Waals surface area contributed by atoms with Crippen molar-refractivity contribution in [3.8, 4) is 11.5 Å². The summed E-state index contributed by atoms with van der Waals surface area (Å²) in [5.74, 6) is 0.306. The van der Waals surface area contributed by atoms with E-state index >= 15 is 0 Å². The molecule has 24 heavy (non-hydrogen) atoms. The summed E-state index contributed by atoms with van der Waals surface area (Å²) in [5.41, 5.74) is 1.89. The highest BCUT2D eigenvalue weighted by Gasteiger charge is 2.15. The second-order valence-electron chi connectivity index (χ2n) is 6.91. The third kappa shape index (κ3) is 5.15. The number of aromatic hydroxyl groups is 2. The standard InChI is InChI=1S/C19H26N2O3/c1-19(2,3)21-12-18(24)13-8-9-17(23)15(10-13)20-11-14-6-4-5-7-16(14)22/h4-10,18,20-24H,11-12H2,1-3H3. The lowest BCUT2D eigenvalue weighted by molar-refractivity contribution is 0.163. The zero-order valence-corrected chi connectivity index (χ0v) is 14.4. The molecule has 0 aliphatic carbocycles. The average Bonchev–Trinajstić information content (AvgIpc) is 2.52. The van der Waals surface area contributed by atoms with E-state index in [-0.39, 0.29) is 17.0 Å². The van der Waals surface area contributed by atoms with E-state index < -0.39 is 6.10 Å². The van der Waals surface area contributed by atoms with Crippen LogP contribution in [0.4, 0.5) is 5.69 Å². The molecule has 130 valence electrons. The molecule has 0 bridgehead atoms. The van der Waals surface area contributed by atoms with E-state index in [2.05, 4.69) is 10.6 Å². The molecule has 2 aromatic carbocycles. The fourth-order valence-electron chi connectivity index (χ4n) is 2.27. The number of para-hydroxylation sites is 1. The lowest BCUT2D eigenvalue weighted by atomic mass is 10.1. The average molecular weight is 330 g/mol. The van der Waals surface area contributed by atoms with Gasteiger partial charge in [0.1, 0.15) is 11.5 Å². The number of aliphatic hydroxyl groups excluding tert-OH is 1. The fraction of sp³-hybridized carbons (Fsp3) is 0.368. The van der Waals surface area contributed by atoms with Crippen LogP contribution in [0.2, 0.25) is 0 Å². The van der Waals surface area contributed by atoms with Crippen LogP contribution < -0.4 is 10.6 Å². The number of hydrogen-bond donors (Lipinski definition) is 5. The van der Waals surface area contributed by atoms with E-state index in [4.69, 9.17) is 0 Å². The minimum Gasteiger partial charge on any atom is -0.508 e. The maximum absolute atomic E-state index is 10.3. The Bertz CT molecular complexity index is 681. The lowest BCUT2D eigenvalue weighted by Crippen LogP contribution is -2.38. The molecule has 0 amide bonds. The maximum Gasteiger partial charge on any atom is 0.138 e. The summed E-state index contributed by atoms with van der Waals surface area (Å²) in [4.78, 5) is 0. The summed E-state index contributed by atoms with van der Waals surface area (Å²) in [5, 5.41) is 36.5. The molecule has 5 nitrogen and oxygen atoms in total. The zero-order valence-electron chi connectivity index (χ0n) is 14.4. The van der Waals surface area contributed by atoms with Crippen LogP contribution in [-0.4, -0.2) is 27.4 Å². The van der Waals surface area contributed by atoms with Gasteiger partial charge in [0.05, 0.1) is 11.8 Å². The molecule has 0 aliphatic rings. The first-order valence-electron chi connectivity index (χ1n) is 8.03. The molecular weight excluding hydrogens is 304 g/mol. The van der Waals surface area contributed by atoms with Gasteiger partial charge in [0.25, 0.3) is 0 Å². The molecule has 1 atom stereocenters. The number of hydrogen-bond acceptors (Lipinski definition) is 5. The van der Waals surface area contributed by atoms with Crippen molar-refractivity contribution in [2.24, 2.45) is 0 Å². The van der Waals surface area contributed by atoms with Gasteiger partial charge in [-0.1, -0.05) is 24.3 Å². The van der Waals surface area contributed by atoms with Gasteiger partial charge in [-0.15, -0.1) is 0 Å². The quantitative estimate of drug-likeness (QED) is 0.526. The molecule has 0 heterocycles. The van der Waals surface area contributed by atoms with Crippen molar-refractivity contribution in [1.82, 2.24) is 5.32 Å². The van der Waals surface area contributed by atoms with E-state index in [1.54, 1.807) is 30.3 Å². The Morgan fingerprint density at radius 1 is 1.00 bits per heavy atom. The van der Waals surface area contributed by atoms with Crippen LogP contribution >= 0.6 is 0 Å². The molecule has 0 spiro atoms. The van der Waals surface area contributed by atoms with Gasteiger partial charge in [-0.25, -0.2) is 0 Å². The van der Waals surface area contributed by atoms with Crippen LogP contribution in [0, 0.1) is 0 Å². The van der Waals surface area contributed by atoms with Gasteiger partial charge in [0.15, 0.2) is 0 Å². The Morgan fingerprint density at radius 2 is 1.71 bits per heavy atom. The van der Waals surface area contributed by atoms with Crippen molar-refractivity contribution in [1.29, 1.82) is 0 Å². The Balaban J connectivity index is 2.06. The Morgan fingerprint density at radius 3 is 2.38 bits per heavy atom. The van der Waals surface area contributed by atoms with Crippen LogP contribution in [-0.2, 0) is 6.54 Å². The zero-order chi connectivity index (χ0) is 17.7. The van der Waals surface area contributed by atoms with Crippen molar-refractivity contribution in [3.05, 3.63) is 53.6 Å². The molecule has 5 N–H and O–H groups in total. The van der Waals surface area contributed by atoms with Gasteiger partial charge in [-0.2, -0.15) is 0 Å². The van der Waals surface area contributed by atoms with Crippen LogP contribution in [0.15, 0.2) is 42.5 Å². The number of phenolic OH excluding ortho intramolecular Hbond substituents is 2. The van der Waals surface area contributed by atoms with Crippen molar-refractivity contribution in [2.75, 3.05) is 11.9 Å². The molecule has 0 radical (unpaired) electrons. The van der Waals surface area contributed by atoms with Gasteiger partial charge >= 0.3 is 0 Å². The molecule has 1 unspecified atom stereocenters. The van der Waals surface area contributed by atoms with Crippen molar-refractivity contribution < 1.29 is 15.3 Å². The normalized spacial score (nSPS) is 12.8. The summed E-state index contributed by atoms with van der Waals surface area (Å²) >= 11 is 0. The maximum atomic E-state index is 10.3.